The van der Waals surface area contributed by atoms with Gasteiger partial charge in [0.25, 0.3) is 0 Å². The van der Waals surface area contributed by atoms with Gasteiger partial charge in [-0.15, -0.1) is 0 Å². The Kier molecular flexibility index (Phi) is 5.50. The second-order valence-corrected chi connectivity index (χ2v) is 6.91. The first kappa shape index (κ1) is 17.6. The lowest BCUT2D eigenvalue weighted by molar-refractivity contribution is 0.0258. The molecule has 23 heavy (non-hydrogen) atoms. The lowest BCUT2D eigenvalue weighted by atomic mass is 10.1. The number of carbonyl (C=O) groups excluding carboxylic acids is 1. The molecule has 2 heterocycles. The molecule has 5 heteroatoms. The fourth-order valence-electron chi connectivity index (χ4n) is 2.80. The van der Waals surface area contributed by atoms with Crippen molar-refractivity contribution in [1.82, 2.24) is 9.88 Å². The van der Waals surface area contributed by atoms with Gasteiger partial charge < -0.3 is 14.5 Å². The molecule has 0 spiro atoms. The SMILES string of the molecule is CCN(CC)c1ccc2c(n1)CCN(C(=O)OC(C)(C)C)CC2. The third-order valence-corrected chi connectivity index (χ3v) is 4.06. The van der Waals surface area contributed by atoms with Gasteiger partial charge in [0.15, 0.2) is 0 Å². The number of rotatable bonds is 3. The zero-order chi connectivity index (χ0) is 17.0. The molecule has 0 atom stereocenters. The van der Waals surface area contributed by atoms with Gasteiger partial charge >= 0.3 is 6.09 Å². The van der Waals surface area contributed by atoms with Crippen LogP contribution in [0.2, 0.25) is 0 Å². The second kappa shape index (κ2) is 7.20. The molecule has 1 aliphatic rings. The largest absolute Gasteiger partial charge is 0.444 e. The minimum Gasteiger partial charge on any atom is -0.444 e. The number of hydrogen-bond donors (Lipinski definition) is 0. The molecule has 0 aliphatic carbocycles. The summed E-state index contributed by atoms with van der Waals surface area (Å²) in [5, 5.41) is 0. The number of pyridine rings is 1. The van der Waals surface area contributed by atoms with Gasteiger partial charge in [-0.05, 0) is 52.7 Å². The lowest BCUT2D eigenvalue weighted by Crippen LogP contribution is -2.38. The Bertz CT molecular complexity index is 548. The van der Waals surface area contributed by atoms with Gasteiger partial charge in [-0.3, -0.25) is 0 Å². The van der Waals surface area contributed by atoms with Crippen LogP contribution in [-0.4, -0.2) is 47.8 Å². The van der Waals surface area contributed by atoms with Gasteiger partial charge in [-0.1, -0.05) is 6.07 Å². The fraction of sp³-hybridized carbons (Fsp3) is 0.667. The van der Waals surface area contributed by atoms with E-state index >= 15 is 0 Å². The summed E-state index contributed by atoms with van der Waals surface area (Å²) in [6.45, 7) is 13.2. The molecule has 0 bridgehead atoms. The first-order valence-electron chi connectivity index (χ1n) is 8.55. The standard InChI is InChI=1S/C18H29N3O2/c1-6-20(7-2)16-9-8-14-10-12-21(13-11-15(14)19-16)17(22)23-18(3,4)5/h8-9H,6-7,10-13H2,1-5H3. The zero-order valence-corrected chi connectivity index (χ0v) is 15.1. The molecular weight excluding hydrogens is 290 g/mol. The predicted molar refractivity (Wildman–Crippen MR) is 93.0 cm³/mol. The van der Waals surface area contributed by atoms with E-state index in [-0.39, 0.29) is 6.09 Å². The van der Waals surface area contributed by atoms with E-state index in [1.54, 1.807) is 4.90 Å². The first-order valence-corrected chi connectivity index (χ1v) is 8.55. The van der Waals surface area contributed by atoms with Gasteiger partial charge in [0.05, 0.1) is 0 Å². The number of carbonyl (C=O) groups is 1. The van der Waals surface area contributed by atoms with E-state index in [1.807, 2.05) is 20.8 Å². The van der Waals surface area contributed by atoms with Crippen LogP contribution in [0.15, 0.2) is 12.1 Å². The molecule has 0 fully saturated rings. The number of fused-ring (bicyclic) bond motifs is 1. The van der Waals surface area contributed by atoms with E-state index in [0.29, 0.717) is 13.1 Å². The monoisotopic (exact) mass is 319 g/mol. The van der Waals surface area contributed by atoms with Crippen molar-refractivity contribution in [2.75, 3.05) is 31.1 Å². The average Bonchev–Trinajstić information content (AvgIpc) is 2.69. The van der Waals surface area contributed by atoms with E-state index in [0.717, 1.165) is 37.4 Å². The van der Waals surface area contributed by atoms with Gasteiger partial charge in [-0.2, -0.15) is 0 Å². The number of amides is 1. The van der Waals surface area contributed by atoms with Gasteiger partial charge in [0.2, 0.25) is 0 Å². The van der Waals surface area contributed by atoms with E-state index in [1.165, 1.54) is 5.56 Å². The molecule has 1 amide bonds. The Balaban J connectivity index is 2.09. The summed E-state index contributed by atoms with van der Waals surface area (Å²) in [5.74, 6) is 1.03. The van der Waals surface area contributed by atoms with Crippen molar-refractivity contribution < 1.29 is 9.53 Å². The van der Waals surface area contributed by atoms with E-state index in [4.69, 9.17) is 9.72 Å². The average molecular weight is 319 g/mol. The number of aromatic nitrogens is 1. The maximum absolute atomic E-state index is 12.3. The Morgan fingerprint density at radius 2 is 1.87 bits per heavy atom. The highest BCUT2D eigenvalue weighted by atomic mass is 16.6. The molecule has 5 nitrogen and oxygen atoms in total. The second-order valence-electron chi connectivity index (χ2n) is 6.91. The van der Waals surface area contributed by atoms with Crippen LogP contribution in [0.1, 0.15) is 45.9 Å². The third kappa shape index (κ3) is 4.60. The topological polar surface area (TPSA) is 45.7 Å². The van der Waals surface area contributed by atoms with Crippen molar-refractivity contribution in [1.29, 1.82) is 0 Å². The minimum atomic E-state index is -0.454. The summed E-state index contributed by atoms with van der Waals surface area (Å²) in [5.41, 5.74) is 1.90. The Morgan fingerprint density at radius 1 is 1.22 bits per heavy atom. The van der Waals surface area contributed by atoms with Crippen LogP contribution < -0.4 is 4.90 Å². The molecule has 0 saturated heterocycles. The van der Waals surface area contributed by atoms with E-state index < -0.39 is 5.60 Å². The van der Waals surface area contributed by atoms with Crippen LogP contribution >= 0.6 is 0 Å². The zero-order valence-electron chi connectivity index (χ0n) is 15.1. The summed E-state index contributed by atoms with van der Waals surface area (Å²) >= 11 is 0. The molecule has 0 unspecified atom stereocenters. The third-order valence-electron chi connectivity index (χ3n) is 4.06. The van der Waals surface area contributed by atoms with Crippen LogP contribution in [0.4, 0.5) is 10.6 Å². The van der Waals surface area contributed by atoms with Crippen molar-refractivity contribution in [2.45, 2.75) is 53.1 Å². The smallest absolute Gasteiger partial charge is 0.410 e. The Labute approximate surface area is 139 Å². The summed E-state index contributed by atoms with van der Waals surface area (Å²) in [7, 11) is 0. The molecule has 1 aromatic heterocycles. The van der Waals surface area contributed by atoms with E-state index in [9.17, 15) is 4.79 Å². The summed E-state index contributed by atoms with van der Waals surface area (Å²) < 4.78 is 5.49. The Morgan fingerprint density at radius 3 is 2.48 bits per heavy atom. The summed E-state index contributed by atoms with van der Waals surface area (Å²) in [6, 6.07) is 4.25. The summed E-state index contributed by atoms with van der Waals surface area (Å²) in [4.78, 5) is 21.1. The molecule has 1 aromatic rings. The first-order chi connectivity index (χ1) is 10.8. The van der Waals surface area contributed by atoms with Crippen molar-refractivity contribution >= 4 is 11.9 Å². The minimum absolute atomic E-state index is 0.228. The van der Waals surface area contributed by atoms with Crippen LogP contribution in [0.3, 0.4) is 0 Å². The van der Waals surface area contributed by atoms with E-state index in [2.05, 4.69) is 30.9 Å². The molecule has 128 valence electrons. The maximum atomic E-state index is 12.3. The predicted octanol–water partition coefficient (Wildman–Crippen LogP) is 3.26. The molecule has 0 saturated carbocycles. The molecule has 2 rings (SSSR count). The maximum Gasteiger partial charge on any atom is 0.410 e. The number of anilines is 1. The number of nitrogens with zero attached hydrogens (tertiary/aromatic N) is 3. The Hall–Kier alpha value is -1.78. The quantitative estimate of drug-likeness (QED) is 0.858. The number of hydrogen-bond acceptors (Lipinski definition) is 4. The van der Waals surface area contributed by atoms with Crippen LogP contribution in [0.5, 0.6) is 0 Å². The molecular formula is C18H29N3O2. The van der Waals surface area contributed by atoms with Gasteiger partial charge in [0.1, 0.15) is 11.4 Å². The molecule has 0 aromatic carbocycles. The highest BCUT2D eigenvalue weighted by molar-refractivity contribution is 5.68. The summed E-state index contributed by atoms with van der Waals surface area (Å²) in [6.07, 6.45) is 1.39. The molecule has 0 radical (unpaired) electrons. The van der Waals surface area contributed by atoms with Gasteiger partial charge in [0, 0.05) is 38.3 Å². The van der Waals surface area contributed by atoms with Crippen LogP contribution in [0, 0.1) is 0 Å². The highest BCUT2D eigenvalue weighted by Gasteiger charge is 2.24. The van der Waals surface area contributed by atoms with Crippen LogP contribution in [-0.2, 0) is 17.6 Å². The van der Waals surface area contributed by atoms with Crippen molar-refractivity contribution in [3.8, 4) is 0 Å². The van der Waals surface area contributed by atoms with Gasteiger partial charge in [-0.25, -0.2) is 9.78 Å². The van der Waals surface area contributed by atoms with Crippen molar-refractivity contribution in [2.24, 2.45) is 0 Å². The fourth-order valence-corrected chi connectivity index (χ4v) is 2.80. The lowest BCUT2D eigenvalue weighted by Gasteiger charge is -2.26. The van der Waals surface area contributed by atoms with Crippen molar-refractivity contribution in [3.05, 3.63) is 23.4 Å². The molecule has 0 N–H and O–H groups in total. The van der Waals surface area contributed by atoms with Crippen molar-refractivity contribution in [3.63, 3.8) is 0 Å². The molecule has 1 aliphatic heterocycles. The number of ether oxygens (including phenoxy) is 1. The normalized spacial score (nSPS) is 14.9. The van der Waals surface area contributed by atoms with Crippen LogP contribution in [0.25, 0.3) is 0 Å². The highest BCUT2D eigenvalue weighted by Crippen LogP contribution is 2.20.